The van der Waals surface area contributed by atoms with Gasteiger partial charge in [-0.3, -0.25) is 9.59 Å². The molecule has 6 nitrogen and oxygen atoms in total. The Hall–Kier alpha value is -1.14. The first-order valence-electron chi connectivity index (χ1n) is 5.75. The summed E-state index contributed by atoms with van der Waals surface area (Å²) in [6.07, 6.45) is 0.454. The molecule has 0 aliphatic carbocycles. The van der Waals surface area contributed by atoms with E-state index in [9.17, 15) is 9.59 Å². The number of aliphatic carboxylic acids is 1. The third-order valence-corrected chi connectivity index (χ3v) is 3.41. The third-order valence-electron chi connectivity index (χ3n) is 3.41. The average molecular weight is 244 g/mol. The van der Waals surface area contributed by atoms with Crippen molar-refractivity contribution in [3.05, 3.63) is 0 Å². The van der Waals surface area contributed by atoms with E-state index in [0.29, 0.717) is 19.6 Å². The number of carboxylic acids is 1. The summed E-state index contributed by atoms with van der Waals surface area (Å²) >= 11 is 0. The zero-order valence-corrected chi connectivity index (χ0v) is 10.2. The van der Waals surface area contributed by atoms with Crippen molar-refractivity contribution in [1.29, 1.82) is 0 Å². The number of amides is 1. The molecule has 1 fully saturated rings. The average Bonchev–Trinajstić information content (AvgIpc) is 2.71. The smallest absolute Gasteiger partial charge is 0.311 e. The third kappa shape index (κ3) is 3.17. The van der Waals surface area contributed by atoms with Crippen LogP contribution in [0.1, 0.15) is 20.3 Å². The molecule has 0 bridgehead atoms. The Balaban J connectivity index is 2.50. The second-order valence-corrected chi connectivity index (χ2v) is 4.74. The van der Waals surface area contributed by atoms with E-state index in [2.05, 4.69) is 5.32 Å². The maximum atomic E-state index is 11.8. The van der Waals surface area contributed by atoms with E-state index in [0.717, 1.165) is 0 Å². The van der Waals surface area contributed by atoms with E-state index in [1.54, 1.807) is 13.8 Å². The monoisotopic (exact) mass is 244 g/mol. The number of carboxylic acid groups (broad SMARTS) is 1. The zero-order chi connectivity index (χ0) is 13.1. The maximum absolute atomic E-state index is 11.8. The predicted molar refractivity (Wildman–Crippen MR) is 61.3 cm³/mol. The minimum Gasteiger partial charge on any atom is -0.481 e. The van der Waals surface area contributed by atoms with E-state index in [1.807, 2.05) is 0 Å². The molecule has 0 aromatic carbocycles. The highest BCUT2D eigenvalue weighted by atomic mass is 16.5. The van der Waals surface area contributed by atoms with Crippen LogP contribution >= 0.6 is 0 Å². The highest BCUT2D eigenvalue weighted by Gasteiger charge is 2.35. The molecule has 1 heterocycles. The fraction of sp³-hybridized carbons (Fsp3) is 0.818. The zero-order valence-electron chi connectivity index (χ0n) is 10.2. The summed E-state index contributed by atoms with van der Waals surface area (Å²) < 4.78 is 5.09. The van der Waals surface area contributed by atoms with E-state index in [-0.39, 0.29) is 24.4 Å². The van der Waals surface area contributed by atoms with Gasteiger partial charge in [0.2, 0.25) is 5.91 Å². The maximum Gasteiger partial charge on any atom is 0.311 e. The van der Waals surface area contributed by atoms with E-state index >= 15 is 0 Å². The van der Waals surface area contributed by atoms with Crippen LogP contribution in [0.4, 0.5) is 0 Å². The van der Waals surface area contributed by atoms with Crippen molar-refractivity contribution in [3.8, 4) is 0 Å². The molecule has 3 unspecified atom stereocenters. The molecule has 0 spiro atoms. The number of nitrogens with one attached hydrogen (secondary N) is 1. The van der Waals surface area contributed by atoms with E-state index in [4.69, 9.17) is 15.6 Å². The molecular weight excluding hydrogens is 224 g/mol. The fourth-order valence-corrected chi connectivity index (χ4v) is 1.61. The van der Waals surface area contributed by atoms with Crippen LogP contribution in [0.15, 0.2) is 0 Å². The van der Waals surface area contributed by atoms with Crippen LogP contribution < -0.4 is 11.1 Å². The van der Waals surface area contributed by atoms with Crippen LogP contribution in [0.5, 0.6) is 0 Å². The summed E-state index contributed by atoms with van der Waals surface area (Å²) in [7, 11) is 0. The predicted octanol–water partition coefficient (Wildman–Crippen LogP) is -0.423. The molecule has 0 aromatic heterocycles. The van der Waals surface area contributed by atoms with Crippen molar-refractivity contribution >= 4 is 11.9 Å². The number of carbonyl (C=O) groups excluding carboxylic acids is 1. The quantitative estimate of drug-likeness (QED) is 0.609. The van der Waals surface area contributed by atoms with Crippen molar-refractivity contribution in [2.24, 2.45) is 17.1 Å². The largest absolute Gasteiger partial charge is 0.481 e. The second kappa shape index (κ2) is 5.46. The normalized spacial score (nSPS) is 27.5. The highest BCUT2D eigenvalue weighted by Crippen LogP contribution is 2.20. The van der Waals surface area contributed by atoms with Crippen LogP contribution in [0.2, 0.25) is 0 Å². The molecule has 17 heavy (non-hydrogen) atoms. The van der Waals surface area contributed by atoms with Crippen molar-refractivity contribution in [2.75, 3.05) is 19.8 Å². The lowest BCUT2D eigenvalue weighted by molar-refractivity contribution is -0.148. The van der Waals surface area contributed by atoms with E-state index < -0.39 is 11.4 Å². The summed E-state index contributed by atoms with van der Waals surface area (Å²) in [5.74, 6) is -1.51. The molecule has 0 radical (unpaired) electrons. The first-order valence-corrected chi connectivity index (χ1v) is 5.75. The lowest BCUT2D eigenvalue weighted by Gasteiger charge is -2.24. The topological polar surface area (TPSA) is 102 Å². The number of carbonyl (C=O) groups is 2. The minimum atomic E-state index is -0.931. The SMILES string of the molecule is CCC(C)(CNC(=O)C1COCC1N)C(=O)O. The van der Waals surface area contributed by atoms with Gasteiger partial charge in [0, 0.05) is 12.6 Å². The molecule has 1 amide bonds. The first kappa shape index (κ1) is 13.9. The summed E-state index contributed by atoms with van der Waals surface area (Å²) in [6, 6.07) is -0.298. The molecule has 6 heteroatoms. The molecule has 98 valence electrons. The Morgan fingerprint density at radius 1 is 1.53 bits per heavy atom. The number of ether oxygens (including phenoxy) is 1. The summed E-state index contributed by atoms with van der Waals surface area (Å²) in [5, 5.41) is 11.7. The molecule has 1 aliphatic heterocycles. The second-order valence-electron chi connectivity index (χ2n) is 4.74. The molecule has 0 aromatic rings. The number of hydrogen-bond donors (Lipinski definition) is 3. The van der Waals surface area contributed by atoms with Crippen LogP contribution in [0.3, 0.4) is 0 Å². The lowest BCUT2D eigenvalue weighted by Crippen LogP contribution is -2.46. The Morgan fingerprint density at radius 3 is 2.59 bits per heavy atom. The van der Waals surface area contributed by atoms with Crippen LogP contribution in [-0.2, 0) is 14.3 Å². The Morgan fingerprint density at radius 2 is 2.18 bits per heavy atom. The standard InChI is InChI=1S/C11H20N2O4/c1-3-11(2,10(15)16)6-13-9(14)7-4-17-5-8(7)12/h7-8H,3-6,12H2,1-2H3,(H,13,14)(H,15,16). The number of nitrogens with two attached hydrogens (primary N) is 1. The van der Waals surface area contributed by atoms with Gasteiger partial charge in [0.25, 0.3) is 0 Å². The van der Waals surface area contributed by atoms with Crippen LogP contribution in [0.25, 0.3) is 0 Å². The fourth-order valence-electron chi connectivity index (χ4n) is 1.61. The summed E-state index contributed by atoms with van der Waals surface area (Å²) in [5.41, 5.74) is 4.78. The molecule has 1 rings (SSSR count). The molecule has 1 saturated heterocycles. The summed E-state index contributed by atoms with van der Waals surface area (Å²) in [6.45, 7) is 4.19. The molecule has 4 N–H and O–H groups in total. The van der Waals surface area contributed by atoms with Crippen LogP contribution in [-0.4, -0.2) is 42.8 Å². The Labute approximate surface area is 101 Å². The number of hydrogen-bond acceptors (Lipinski definition) is 4. The highest BCUT2D eigenvalue weighted by molar-refractivity contribution is 5.81. The van der Waals surface area contributed by atoms with Gasteiger partial charge < -0.3 is 20.9 Å². The molecule has 3 atom stereocenters. The van der Waals surface area contributed by atoms with Gasteiger partial charge in [-0.15, -0.1) is 0 Å². The Bertz CT molecular complexity index is 308. The van der Waals surface area contributed by atoms with Gasteiger partial charge in [-0.05, 0) is 13.3 Å². The van der Waals surface area contributed by atoms with Gasteiger partial charge in [-0.1, -0.05) is 6.92 Å². The van der Waals surface area contributed by atoms with Gasteiger partial charge in [0.1, 0.15) is 0 Å². The van der Waals surface area contributed by atoms with Crippen molar-refractivity contribution in [3.63, 3.8) is 0 Å². The van der Waals surface area contributed by atoms with Gasteiger partial charge in [0.05, 0.1) is 24.5 Å². The first-order chi connectivity index (χ1) is 7.90. The van der Waals surface area contributed by atoms with Gasteiger partial charge in [-0.2, -0.15) is 0 Å². The van der Waals surface area contributed by atoms with Crippen molar-refractivity contribution < 1.29 is 19.4 Å². The number of rotatable bonds is 5. The summed E-state index contributed by atoms with van der Waals surface area (Å²) in [4.78, 5) is 22.8. The van der Waals surface area contributed by atoms with Gasteiger partial charge in [-0.25, -0.2) is 0 Å². The van der Waals surface area contributed by atoms with Crippen LogP contribution in [0, 0.1) is 11.3 Å². The van der Waals surface area contributed by atoms with Gasteiger partial charge in [0.15, 0.2) is 0 Å². The lowest BCUT2D eigenvalue weighted by atomic mass is 9.87. The molecular formula is C11H20N2O4. The van der Waals surface area contributed by atoms with E-state index in [1.165, 1.54) is 0 Å². The Kier molecular flexibility index (Phi) is 4.47. The van der Waals surface area contributed by atoms with Gasteiger partial charge >= 0.3 is 5.97 Å². The molecule has 0 saturated carbocycles. The minimum absolute atomic E-state index is 0.112. The van der Waals surface area contributed by atoms with Crippen molar-refractivity contribution in [1.82, 2.24) is 5.32 Å². The molecule has 1 aliphatic rings. The van der Waals surface area contributed by atoms with Crippen molar-refractivity contribution in [2.45, 2.75) is 26.3 Å².